The minimum absolute atomic E-state index is 0.212. The second-order valence-corrected chi connectivity index (χ2v) is 7.67. The Hall–Kier alpha value is -1.22. The number of sulfonamides is 1. The van der Waals surface area contributed by atoms with Crippen LogP contribution in [0.5, 0.6) is 0 Å². The van der Waals surface area contributed by atoms with Crippen molar-refractivity contribution < 1.29 is 8.42 Å². The van der Waals surface area contributed by atoms with Gasteiger partial charge in [0.25, 0.3) is 0 Å². The molecule has 3 rings (SSSR count). The Morgan fingerprint density at radius 3 is 3.00 bits per heavy atom. The SMILES string of the molecule is O=S(=O)(NCc1ccsc1)c1cnn(CCNC2CC2)c1. The molecule has 21 heavy (non-hydrogen) atoms. The van der Waals surface area contributed by atoms with Crippen molar-refractivity contribution in [3.8, 4) is 0 Å². The lowest BCUT2D eigenvalue weighted by atomic mass is 10.4. The van der Waals surface area contributed by atoms with Gasteiger partial charge in [0, 0.05) is 25.3 Å². The van der Waals surface area contributed by atoms with E-state index in [2.05, 4.69) is 15.1 Å². The van der Waals surface area contributed by atoms with Gasteiger partial charge in [0.1, 0.15) is 4.90 Å². The summed E-state index contributed by atoms with van der Waals surface area (Å²) in [6.07, 6.45) is 5.45. The van der Waals surface area contributed by atoms with Gasteiger partial charge in [-0.1, -0.05) is 0 Å². The van der Waals surface area contributed by atoms with Crippen LogP contribution in [0.25, 0.3) is 0 Å². The quantitative estimate of drug-likeness (QED) is 0.764. The highest BCUT2D eigenvalue weighted by molar-refractivity contribution is 7.89. The summed E-state index contributed by atoms with van der Waals surface area (Å²) in [6, 6.07) is 2.55. The molecule has 1 fully saturated rings. The number of hydrogen-bond acceptors (Lipinski definition) is 5. The zero-order valence-corrected chi connectivity index (χ0v) is 13.2. The van der Waals surface area contributed by atoms with Crippen molar-refractivity contribution in [2.75, 3.05) is 6.54 Å². The van der Waals surface area contributed by atoms with Gasteiger partial charge < -0.3 is 5.32 Å². The van der Waals surface area contributed by atoms with E-state index in [4.69, 9.17) is 0 Å². The predicted molar refractivity (Wildman–Crippen MR) is 81.6 cm³/mol. The first-order valence-electron chi connectivity index (χ1n) is 6.90. The van der Waals surface area contributed by atoms with Crippen molar-refractivity contribution in [3.63, 3.8) is 0 Å². The van der Waals surface area contributed by atoms with Gasteiger partial charge in [0.05, 0.1) is 12.7 Å². The maximum atomic E-state index is 12.2. The molecule has 114 valence electrons. The Kier molecular flexibility index (Phi) is 4.39. The summed E-state index contributed by atoms with van der Waals surface area (Å²) in [5.74, 6) is 0. The highest BCUT2D eigenvalue weighted by Gasteiger charge is 2.20. The van der Waals surface area contributed by atoms with Gasteiger partial charge in [-0.2, -0.15) is 16.4 Å². The van der Waals surface area contributed by atoms with Crippen LogP contribution in [0, 0.1) is 0 Å². The maximum absolute atomic E-state index is 12.2. The molecule has 0 bridgehead atoms. The lowest BCUT2D eigenvalue weighted by Crippen LogP contribution is -2.23. The molecular weight excluding hydrogens is 308 g/mol. The number of nitrogens with one attached hydrogen (secondary N) is 2. The molecule has 1 saturated carbocycles. The molecule has 0 radical (unpaired) electrons. The van der Waals surface area contributed by atoms with Crippen molar-refractivity contribution in [2.45, 2.75) is 36.9 Å². The van der Waals surface area contributed by atoms with Crippen LogP contribution in [0.1, 0.15) is 18.4 Å². The molecule has 0 amide bonds. The maximum Gasteiger partial charge on any atom is 0.243 e. The second-order valence-electron chi connectivity index (χ2n) is 5.12. The zero-order chi connectivity index (χ0) is 14.7. The molecule has 0 aromatic carbocycles. The zero-order valence-electron chi connectivity index (χ0n) is 11.5. The second kappa shape index (κ2) is 6.27. The van der Waals surface area contributed by atoms with Crippen molar-refractivity contribution in [1.29, 1.82) is 0 Å². The van der Waals surface area contributed by atoms with Crippen molar-refractivity contribution in [2.24, 2.45) is 0 Å². The van der Waals surface area contributed by atoms with Gasteiger partial charge in [0.2, 0.25) is 10.0 Å². The van der Waals surface area contributed by atoms with E-state index in [1.807, 2.05) is 16.8 Å². The largest absolute Gasteiger partial charge is 0.312 e. The van der Waals surface area contributed by atoms with Crippen molar-refractivity contribution in [1.82, 2.24) is 19.8 Å². The smallest absolute Gasteiger partial charge is 0.243 e. The van der Waals surface area contributed by atoms with Gasteiger partial charge in [-0.05, 0) is 35.2 Å². The van der Waals surface area contributed by atoms with E-state index in [0.29, 0.717) is 19.1 Å². The monoisotopic (exact) mass is 326 g/mol. The van der Waals surface area contributed by atoms with Crippen LogP contribution in [0.3, 0.4) is 0 Å². The molecule has 0 unspecified atom stereocenters. The van der Waals surface area contributed by atoms with E-state index in [9.17, 15) is 8.42 Å². The summed E-state index contributed by atoms with van der Waals surface area (Å²) in [6.45, 7) is 1.80. The van der Waals surface area contributed by atoms with Crippen LogP contribution >= 0.6 is 11.3 Å². The average Bonchev–Trinajstić information content (AvgIpc) is 2.94. The van der Waals surface area contributed by atoms with Crippen LogP contribution in [-0.2, 0) is 23.1 Å². The molecule has 8 heteroatoms. The van der Waals surface area contributed by atoms with E-state index in [0.717, 1.165) is 12.1 Å². The van der Waals surface area contributed by atoms with Gasteiger partial charge >= 0.3 is 0 Å². The topological polar surface area (TPSA) is 76.0 Å². The first-order chi connectivity index (χ1) is 10.1. The number of rotatable bonds is 8. The summed E-state index contributed by atoms with van der Waals surface area (Å²) in [4.78, 5) is 0.212. The fourth-order valence-electron chi connectivity index (χ4n) is 1.93. The number of hydrogen-bond donors (Lipinski definition) is 2. The van der Waals surface area contributed by atoms with E-state index in [1.54, 1.807) is 22.2 Å². The Labute approximate surface area is 128 Å². The third-order valence-corrected chi connectivity index (χ3v) is 5.41. The molecule has 1 aliphatic carbocycles. The van der Waals surface area contributed by atoms with Crippen LogP contribution in [0.4, 0.5) is 0 Å². The van der Waals surface area contributed by atoms with Gasteiger partial charge in [-0.25, -0.2) is 13.1 Å². The number of thiophene rings is 1. The summed E-state index contributed by atoms with van der Waals surface area (Å²) in [5, 5.41) is 11.3. The Morgan fingerprint density at radius 2 is 2.29 bits per heavy atom. The van der Waals surface area contributed by atoms with Crippen molar-refractivity contribution >= 4 is 21.4 Å². The Balaban J connectivity index is 1.55. The summed E-state index contributed by atoms with van der Waals surface area (Å²) in [5.41, 5.74) is 0.963. The van der Waals surface area contributed by atoms with E-state index < -0.39 is 10.0 Å². The molecule has 2 heterocycles. The van der Waals surface area contributed by atoms with Crippen LogP contribution in [0.15, 0.2) is 34.1 Å². The normalized spacial score (nSPS) is 15.4. The summed E-state index contributed by atoms with van der Waals surface area (Å²) in [7, 11) is -3.49. The molecule has 1 aliphatic rings. The van der Waals surface area contributed by atoms with Gasteiger partial charge in [0.15, 0.2) is 0 Å². The van der Waals surface area contributed by atoms with E-state index in [-0.39, 0.29) is 4.90 Å². The molecule has 2 aromatic heterocycles. The van der Waals surface area contributed by atoms with Crippen LogP contribution in [0.2, 0.25) is 0 Å². The van der Waals surface area contributed by atoms with Crippen LogP contribution in [-0.4, -0.2) is 30.8 Å². The highest BCUT2D eigenvalue weighted by atomic mass is 32.2. The average molecular weight is 326 g/mol. The first kappa shape index (κ1) is 14.7. The lowest BCUT2D eigenvalue weighted by molar-refractivity contribution is 0.551. The molecule has 0 spiro atoms. The predicted octanol–water partition coefficient (Wildman–Crippen LogP) is 1.18. The third kappa shape index (κ3) is 4.13. The third-order valence-electron chi connectivity index (χ3n) is 3.32. The molecule has 0 aliphatic heterocycles. The van der Waals surface area contributed by atoms with E-state index >= 15 is 0 Å². The van der Waals surface area contributed by atoms with E-state index in [1.165, 1.54) is 19.0 Å². The lowest BCUT2D eigenvalue weighted by Gasteiger charge is -2.04. The number of nitrogens with zero attached hydrogens (tertiary/aromatic N) is 2. The fraction of sp³-hybridized carbons (Fsp3) is 0.462. The van der Waals surface area contributed by atoms with Crippen molar-refractivity contribution in [3.05, 3.63) is 34.8 Å². The minimum Gasteiger partial charge on any atom is -0.312 e. The molecule has 2 aromatic rings. The van der Waals surface area contributed by atoms with Crippen LogP contribution < -0.4 is 10.0 Å². The van der Waals surface area contributed by atoms with Gasteiger partial charge in [-0.15, -0.1) is 0 Å². The minimum atomic E-state index is -3.49. The van der Waals surface area contributed by atoms with Gasteiger partial charge in [-0.3, -0.25) is 4.68 Å². The number of aromatic nitrogens is 2. The fourth-order valence-corrected chi connectivity index (χ4v) is 3.57. The molecule has 0 atom stereocenters. The summed E-state index contributed by atoms with van der Waals surface area (Å²) < 4.78 is 28.6. The molecule has 6 nitrogen and oxygen atoms in total. The molecule has 0 saturated heterocycles. The highest BCUT2D eigenvalue weighted by Crippen LogP contribution is 2.18. The Bertz CT molecular complexity index is 675. The molecular formula is C13H18N4O2S2. The first-order valence-corrected chi connectivity index (χ1v) is 9.33. The Morgan fingerprint density at radius 1 is 1.43 bits per heavy atom. The standard InChI is InChI=1S/C13H18N4O2S2/c18-21(19,16-7-11-3-6-20-10-11)13-8-15-17(9-13)5-4-14-12-1-2-12/h3,6,8-10,12,14,16H,1-2,4-5,7H2. The molecule has 2 N–H and O–H groups in total. The summed E-state index contributed by atoms with van der Waals surface area (Å²) >= 11 is 1.55.